The van der Waals surface area contributed by atoms with Crippen LogP contribution in [0.25, 0.3) is 5.69 Å². The van der Waals surface area contributed by atoms with Crippen molar-refractivity contribution in [3.63, 3.8) is 0 Å². The quantitative estimate of drug-likeness (QED) is 0.619. The number of methoxy groups -OCH3 is 1. The lowest BCUT2D eigenvalue weighted by Crippen LogP contribution is -2.03. The number of hydrogen-bond acceptors (Lipinski definition) is 5. The van der Waals surface area contributed by atoms with Crippen molar-refractivity contribution in [1.29, 1.82) is 0 Å². The smallest absolute Gasteiger partial charge is 0.306 e. The van der Waals surface area contributed by atoms with Crippen LogP contribution in [0.1, 0.15) is 12.2 Å². The highest BCUT2D eigenvalue weighted by atomic mass is 32.2. The minimum atomic E-state index is -0.213. The minimum Gasteiger partial charge on any atom is -0.469 e. The number of carbonyl (C=O) groups excluding carboxylic acids is 1. The van der Waals surface area contributed by atoms with Crippen LogP contribution < -0.4 is 0 Å². The molecule has 0 spiro atoms. The summed E-state index contributed by atoms with van der Waals surface area (Å²) >= 11 is 1.49. The largest absolute Gasteiger partial charge is 0.469 e. The zero-order valence-electron chi connectivity index (χ0n) is 10.9. The Morgan fingerprint density at radius 3 is 2.74 bits per heavy atom. The monoisotopic (exact) mass is 277 g/mol. The maximum atomic E-state index is 11.1. The van der Waals surface area contributed by atoms with E-state index in [-0.39, 0.29) is 5.97 Å². The number of para-hydroxylation sites is 1. The van der Waals surface area contributed by atoms with Crippen LogP contribution in [-0.2, 0) is 9.53 Å². The topological polar surface area (TPSA) is 57.0 Å². The maximum absolute atomic E-state index is 11.1. The van der Waals surface area contributed by atoms with E-state index in [2.05, 4.69) is 14.9 Å². The second-order valence-corrected chi connectivity index (χ2v) is 4.94. The molecule has 1 aromatic heterocycles. The third-order valence-electron chi connectivity index (χ3n) is 2.57. The molecule has 1 heterocycles. The normalized spacial score (nSPS) is 10.4. The Balaban J connectivity index is 2.12. The highest BCUT2D eigenvalue weighted by Crippen LogP contribution is 2.22. The Morgan fingerprint density at radius 1 is 1.32 bits per heavy atom. The van der Waals surface area contributed by atoms with Gasteiger partial charge < -0.3 is 4.74 Å². The lowest BCUT2D eigenvalue weighted by Gasteiger charge is -2.07. The number of carbonyl (C=O) groups is 1. The Hall–Kier alpha value is -1.82. The third-order valence-corrected chi connectivity index (χ3v) is 3.51. The van der Waals surface area contributed by atoms with Crippen LogP contribution in [0.3, 0.4) is 0 Å². The van der Waals surface area contributed by atoms with E-state index in [1.54, 1.807) is 0 Å². The van der Waals surface area contributed by atoms with E-state index in [0.29, 0.717) is 12.2 Å². The van der Waals surface area contributed by atoms with Gasteiger partial charge in [0.05, 0.1) is 13.5 Å². The summed E-state index contributed by atoms with van der Waals surface area (Å²) < 4.78 is 6.59. The van der Waals surface area contributed by atoms with E-state index in [1.807, 2.05) is 41.8 Å². The summed E-state index contributed by atoms with van der Waals surface area (Å²) in [4.78, 5) is 11.1. The van der Waals surface area contributed by atoms with Gasteiger partial charge >= 0.3 is 5.97 Å². The highest BCUT2D eigenvalue weighted by Gasteiger charge is 2.11. The number of aryl methyl sites for hydroxylation is 1. The van der Waals surface area contributed by atoms with Gasteiger partial charge in [-0.15, -0.1) is 10.2 Å². The number of aromatic nitrogens is 3. The Kier molecular flexibility index (Phi) is 4.57. The standard InChI is InChI=1S/C13H15N3O2S/c1-10-14-15-13(19-9-8-12(17)18-2)16(10)11-6-4-3-5-7-11/h3-7H,8-9H2,1-2H3. The SMILES string of the molecule is COC(=O)CCSc1nnc(C)n1-c1ccccc1. The van der Waals surface area contributed by atoms with Crippen molar-refractivity contribution in [3.05, 3.63) is 36.2 Å². The van der Waals surface area contributed by atoms with E-state index < -0.39 is 0 Å². The van der Waals surface area contributed by atoms with Gasteiger partial charge in [0.2, 0.25) is 0 Å². The van der Waals surface area contributed by atoms with Crippen LogP contribution in [0.15, 0.2) is 35.5 Å². The molecule has 0 aliphatic carbocycles. The molecule has 0 saturated heterocycles. The van der Waals surface area contributed by atoms with Crippen molar-refractivity contribution in [3.8, 4) is 5.69 Å². The molecule has 0 aliphatic rings. The Morgan fingerprint density at radius 2 is 2.05 bits per heavy atom. The molecule has 1 aromatic carbocycles. The first-order valence-electron chi connectivity index (χ1n) is 5.89. The van der Waals surface area contributed by atoms with Crippen molar-refractivity contribution >= 4 is 17.7 Å². The molecule has 2 rings (SSSR count). The van der Waals surface area contributed by atoms with E-state index in [4.69, 9.17) is 0 Å². The number of benzene rings is 1. The number of thioether (sulfide) groups is 1. The zero-order valence-corrected chi connectivity index (χ0v) is 11.7. The molecule has 5 nitrogen and oxygen atoms in total. The van der Waals surface area contributed by atoms with Crippen molar-refractivity contribution in [2.75, 3.05) is 12.9 Å². The van der Waals surface area contributed by atoms with Gasteiger partial charge in [-0.05, 0) is 19.1 Å². The lowest BCUT2D eigenvalue weighted by atomic mass is 10.3. The molecule has 19 heavy (non-hydrogen) atoms. The van der Waals surface area contributed by atoms with Crippen LogP contribution in [0, 0.1) is 6.92 Å². The lowest BCUT2D eigenvalue weighted by molar-refractivity contribution is -0.140. The molecule has 0 amide bonds. The summed E-state index contributed by atoms with van der Waals surface area (Å²) in [7, 11) is 1.39. The van der Waals surface area contributed by atoms with Crippen LogP contribution >= 0.6 is 11.8 Å². The summed E-state index contributed by atoms with van der Waals surface area (Å²) in [6.45, 7) is 1.91. The fourth-order valence-corrected chi connectivity index (χ4v) is 2.55. The summed E-state index contributed by atoms with van der Waals surface area (Å²) in [6.07, 6.45) is 0.363. The number of ether oxygens (including phenoxy) is 1. The van der Waals surface area contributed by atoms with E-state index >= 15 is 0 Å². The van der Waals surface area contributed by atoms with Gasteiger partial charge in [-0.2, -0.15) is 0 Å². The average Bonchev–Trinajstić information content (AvgIpc) is 2.80. The van der Waals surface area contributed by atoms with Gasteiger partial charge in [0.25, 0.3) is 0 Å². The predicted molar refractivity (Wildman–Crippen MR) is 73.5 cm³/mol. The minimum absolute atomic E-state index is 0.213. The van der Waals surface area contributed by atoms with E-state index in [9.17, 15) is 4.79 Å². The molecule has 0 radical (unpaired) electrons. The van der Waals surface area contributed by atoms with Crippen molar-refractivity contribution < 1.29 is 9.53 Å². The number of nitrogens with zero attached hydrogens (tertiary/aromatic N) is 3. The van der Waals surface area contributed by atoms with Gasteiger partial charge in [-0.3, -0.25) is 9.36 Å². The van der Waals surface area contributed by atoms with Crippen molar-refractivity contribution in [2.24, 2.45) is 0 Å². The summed E-state index contributed by atoms with van der Waals surface area (Å²) in [5.41, 5.74) is 1.02. The second-order valence-electron chi connectivity index (χ2n) is 3.88. The van der Waals surface area contributed by atoms with Gasteiger partial charge in [0, 0.05) is 11.4 Å². The first kappa shape index (κ1) is 13.6. The molecule has 0 bridgehead atoms. The second kappa shape index (κ2) is 6.38. The Labute approximate surface area is 116 Å². The maximum Gasteiger partial charge on any atom is 0.306 e. The molecule has 0 aliphatic heterocycles. The van der Waals surface area contributed by atoms with Gasteiger partial charge in [-0.25, -0.2) is 0 Å². The molecule has 0 N–H and O–H groups in total. The molecule has 2 aromatic rings. The van der Waals surface area contributed by atoms with E-state index in [0.717, 1.165) is 16.7 Å². The van der Waals surface area contributed by atoms with Crippen LogP contribution in [-0.4, -0.2) is 33.6 Å². The predicted octanol–water partition coefficient (Wildman–Crippen LogP) is 2.23. The first-order valence-corrected chi connectivity index (χ1v) is 6.88. The molecule has 0 saturated carbocycles. The molecule has 6 heteroatoms. The molecule has 0 unspecified atom stereocenters. The van der Waals surface area contributed by atoms with Gasteiger partial charge in [-0.1, -0.05) is 30.0 Å². The molecule has 0 atom stereocenters. The van der Waals surface area contributed by atoms with Gasteiger partial charge in [0.15, 0.2) is 5.16 Å². The first-order chi connectivity index (χ1) is 9.22. The number of hydrogen-bond donors (Lipinski definition) is 0. The van der Waals surface area contributed by atoms with Gasteiger partial charge in [0.1, 0.15) is 5.82 Å². The van der Waals surface area contributed by atoms with Crippen molar-refractivity contribution in [2.45, 2.75) is 18.5 Å². The Bertz CT molecular complexity index is 554. The highest BCUT2D eigenvalue weighted by molar-refractivity contribution is 7.99. The molecule has 100 valence electrons. The number of esters is 1. The fourth-order valence-electron chi connectivity index (χ4n) is 1.64. The molecular formula is C13H15N3O2S. The van der Waals surface area contributed by atoms with Crippen LogP contribution in [0.5, 0.6) is 0 Å². The number of rotatable bonds is 5. The van der Waals surface area contributed by atoms with Crippen molar-refractivity contribution in [1.82, 2.24) is 14.8 Å². The van der Waals surface area contributed by atoms with Crippen LogP contribution in [0.2, 0.25) is 0 Å². The fraction of sp³-hybridized carbons (Fsp3) is 0.308. The average molecular weight is 277 g/mol. The zero-order chi connectivity index (χ0) is 13.7. The summed E-state index contributed by atoms with van der Waals surface area (Å²) in [5.74, 6) is 1.24. The molecule has 0 fully saturated rings. The van der Waals surface area contributed by atoms with E-state index in [1.165, 1.54) is 18.9 Å². The summed E-state index contributed by atoms with van der Waals surface area (Å²) in [6, 6.07) is 9.91. The summed E-state index contributed by atoms with van der Waals surface area (Å²) in [5, 5.41) is 9.01. The third kappa shape index (κ3) is 3.35. The van der Waals surface area contributed by atoms with Crippen LogP contribution in [0.4, 0.5) is 0 Å². The molecular weight excluding hydrogens is 262 g/mol.